The molecule has 0 aliphatic carbocycles. The van der Waals surface area contributed by atoms with Crippen molar-refractivity contribution in [2.45, 2.75) is 32.7 Å². The molecular weight excluding hydrogens is 310 g/mol. The molecule has 1 fully saturated rings. The number of rotatable bonds is 6. The maximum absolute atomic E-state index is 11.9. The highest BCUT2D eigenvalue weighted by Crippen LogP contribution is 2.10. The number of carbonyl (C=O) groups excluding carboxylic acids is 2. The fourth-order valence-electron chi connectivity index (χ4n) is 2.09. The Labute approximate surface area is 144 Å². The first-order valence-corrected chi connectivity index (χ1v) is 8.28. The number of ether oxygens (including phenoxy) is 1. The molecule has 0 radical (unpaired) electrons. The monoisotopic (exact) mass is 341 g/mol. The van der Waals surface area contributed by atoms with Gasteiger partial charge in [-0.1, -0.05) is 0 Å². The van der Waals surface area contributed by atoms with Crippen LogP contribution in [0.2, 0.25) is 0 Å². The van der Waals surface area contributed by atoms with Crippen molar-refractivity contribution in [3.8, 4) is 0 Å². The van der Waals surface area contributed by atoms with Gasteiger partial charge in [-0.2, -0.15) is 0 Å². The first-order chi connectivity index (χ1) is 11.2. The lowest BCUT2D eigenvalue weighted by atomic mass is 10.1. The molecule has 1 aliphatic rings. The minimum absolute atomic E-state index is 0.00389. The van der Waals surface area contributed by atoms with Gasteiger partial charge in [-0.25, -0.2) is 4.99 Å². The molecule has 1 unspecified atom stereocenters. The van der Waals surface area contributed by atoms with Gasteiger partial charge >= 0.3 is 0 Å². The zero-order chi connectivity index (χ0) is 18.2. The summed E-state index contributed by atoms with van der Waals surface area (Å²) in [5, 5.41) is 9.01. The summed E-state index contributed by atoms with van der Waals surface area (Å²) >= 11 is 0. The summed E-state index contributed by atoms with van der Waals surface area (Å²) in [6, 6.07) is 0. The van der Waals surface area contributed by atoms with Crippen LogP contribution in [0.25, 0.3) is 0 Å². The normalized spacial score (nSPS) is 18.2. The van der Waals surface area contributed by atoms with Crippen molar-refractivity contribution in [1.29, 1.82) is 0 Å². The molecular formula is C16H31N5O3. The van der Waals surface area contributed by atoms with E-state index in [2.05, 4.69) is 20.9 Å². The van der Waals surface area contributed by atoms with E-state index in [4.69, 9.17) is 4.74 Å². The Morgan fingerprint density at radius 2 is 1.96 bits per heavy atom. The van der Waals surface area contributed by atoms with E-state index in [1.807, 2.05) is 20.8 Å². The highest BCUT2D eigenvalue weighted by molar-refractivity contribution is 5.88. The van der Waals surface area contributed by atoms with Crippen molar-refractivity contribution in [3.05, 3.63) is 0 Å². The number of hydrogen-bond donors (Lipinski definition) is 3. The Bertz CT molecular complexity index is 451. The van der Waals surface area contributed by atoms with Crippen LogP contribution in [-0.2, 0) is 14.3 Å². The summed E-state index contributed by atoms with van der Waals surface area (Å²) in [4.78, 5) is 29.4. The molecule has 8 nitrogen and oxygen atoms in total. The highest BCUT2D eigenvalue weighted by Gasteiger charge is 2.17. The van der Waals surface area contributed by atoms with Gasteiger partial charge in [-0.15, -0.1) is 0 Å². The van der Waals surface area contributed by atoms with Crippen LogP contribution >= 0.6 is 0 Å². The lowest BCUT2D eigenvalue weighted by molar-refractivity contribution is -0.127. The molecule has 138 valence electrons. The Hall–Kier alpha value is -1.83. The van der Waals surface area contributed by atoms with Crippen molar-refractivity contribution < 1.29 is 14.3 Å². The zero-order valence-electron chi connectivity index (χ0n) is 15.4. The summed E-state index contributed by atoms with van der Waals surface area (Å²) < 4.78 is 5.35. The third-order valence-corrected chi connectivity index (χ3v) is 3.38. The molecule has 0 aromatic rings. The van der Waals surface area contributed by atoms with E-state index in [9.17, 15) is 9.59 Å². The fraction of sp³-hybridized carbons (Fsp3) is 0.812. The summed E-state index contributed by atoms with van der Waals surface area (Å²) in [5.41, 5.74) is -0.296. The van der Waals surface area contributed by atoms with Crippen LogP contribution in [0.4, 0.5) is 0 Å². The van der Waals surface area contributed by atoms with Gasteiger partial charge in [0.25, 0.3) is 0 Å². The standard InChI is InChI=1S/C16H31N5O3/c1-16(2,3)20-13(22)9-18-15(19-10-14(23)21(4)5)17-8-12-6-7-24-11-12/h12H,6-11H2,1-5H3,(H,20,22)(H2,17,18,19). The molecule has 1 saturated heterocycles. The predicted octanol–water partition coefficient (Wildman–Crippen LogP) is -0.439. The van der Waals surface area contributed by atoms with Crippen LogP contribution in [0.1, 0.15) is 27.2 Å². The van der Waals surface area contributed by atoms with Crippen LogP contribution in [0.3, 0.4) is 0 Å². The van der Waals surface area contributed by atoms with Crippen molar-refractivity contribution in [1.82, 2.24) is 20.9 Å². The number of aliphatic imine (C=N–C) groups is 1. The number of nitrogens with one attached hydrogen (secondary N) is 3. The van der Waals surface area contributed by atoms with Gasteiger partial charge in [0.15, 0.2) is 5.96 Å². The van der Waals surface area contributed by atoms with E-state index >= 15 is 0 Å². The first-order valence-electron chi connectivity index (χ1n) is 8.28. The third kappa shape index (κ3) is 8.71. The minimum atomic E-state index is -0.296. The summed E-state index contributed by atoms with van der Waals surface area (Å²) in [6.07, 6.45) is 1.00. The van der Waals surface area contributed by atoms with Gasteiger partial charge in [0.05, 0.1) is 13.2 Å². The van der Waals surface area contributed by atoms with Gasteiger partial charge in [-0.3, -0.25) is 9.59 Å². The Balaban J connectivity index is 2.55. The third-order valence-electron chi connectivity index (χ3n) is 3.38. The second-order valence-electron chi connectivity index (χ2n) is 7.22. The van der Waals surface area contributed by atoms with Crippen molar-refractivity contribution in [2.75, 3.05) is 46.9 Å². The molecule has 0 saturated carbocycles. The molecule has 1 atom stereocenters. The number of nitrogens with zero attached hydrogens (tertiary/aromatic N) is 2. The maximum atomic E-state index is 11.9. The Morgan fingerprint density at radius 3 is 2.50 bits per heavy atom. The highest BCUT2D eigenvalue weighted by atomic mass is 16.5. The van der Waals surface area contributed by atoms with E-state index < -0.39 is 0 Å². The number of guanidine groups is 1. The minimum Gasteiger partial charge on any atom is -0.381 e. The van der Waals surface area contributed by atoms with Gasteiger partial charge < -0.3 is 25.6 Å². The molecule has 24 heavy (non-hydrogen) atoms. The van der Waals surface area contributed by atoms with E-state index in [0.29, 0.717) is 18.4 Å². The smallest absolute Gasteiger partial charge is 0.242 e. The number of likely N-dealkylation sites (N-methyl/N-ethyl adjacent to an activating group) is 1. The van der Waals surface area contributed by atoms with Crippen LogP contribution in [0.5, 0.6) is 0 Å². The lowest BCUT2D eigenvalue weighted by Crippen LogP contribution is -2.46. The van der Waals surface area contributed by atoms with Crippen molar-refractivity contribution in [3.63, 3.8) is 0 Å². The fourth-order valence-corrected chi connectivity index (χ4v) is 2.09. The second-order valence-corrected chi connectivity index (χ2v) is 7.22. The SMILES string of the molecule is CN(C)C(=O)CNC(=NCC(=O)NC(C)(C)C)NCC1CCOC1. The van der Waals surface area contributed by atoms with Gasteiger partial charge in [0.2, 0.25) is 11.8 Å². The van der Waals surface area contributed by atoms with Crippen molar-refractivity contribution in [2.24, 2.45) is 10.9 Å². The van der Waals surface area contributed by atoms with E-state index in [-0.39, 0.29) is 30.4 Å². The molecule has 1 heterocycles. The van der Waals surface area contributed by atoms with Crippen molar-refractivity contribution >= 4 is 17.8 Å². The van der Waals surface area contributed by atoms with Crippen LogP contribution < -0.4 is 16.0 Å². The molecule has 0 spiro atoms. The van der Waals surface area contributed by atoms with Gasteiger partial charge in [0, 0.05) is 38.7 Å². The molecule has 1 rings (SSSR count). The number of amides is 2. The second kappa shape index (κ2) is 9.46. The zero-order valence-corrected chi connectivity index (χ0v) is 15.4. The van der Waals surface area contributed by atoms with E-state index in [0.717, 1.165) is 19.6 Å². The molecule has 0 bridgehead atoms. The van der Waals surface area contributed by atoms with Crippen LogP contribution in [0, 0.1) is 5.92 Å². The van der Waals surface area contributed by atoms with Gasteiger partial charge in [0.1, 0.15) is 6.54 Å². The Kier molecular flexibility index (Phi) is 7.97. The molecule has 2 amide bonds. The average molecular weight is 341 g/mol. The van der Waals surface area contributed by atoms with Gasteiger partial charge in [-0.05, 0) is 27.2 Å². The van der Waals surface area contributed by atoms with Crippen LogP contribution in [0.15, 0.2) is 4.99 Å². The van der Waals surface area contributed by atoms with E-state index in [1.54, 1.807) is 14.1 Å². The van der Waals surface area contributed by atoms with Crippen LogP contribution in [-0.4, -0.2) is 75.2 Å². The topological polar surface area (TPSA) is 95.1 Å². The molecule has 3 N–H and O–H groups in total. The number of carbonyl (C=O) groups is 2. The average Bonchev–Trinajstić information content (AvgIpc) is 2.97. The molecule has 0 aromatic heterocycles. The van der Waals surface area contributed by atoms with E-state index in [1.165, 1.54) is 4.90 Å². The largest absolute Gasteiger partial charge is 0.381 e. The quantitative estimate of drug-likeness (QED) is 0.450. The molecule has 0 aromatic carbocycles. The first kappa shape index (κ1) is 20.2. The Morgan fingerprint density at radius 1 is 1.25 bits per heavy atom. The predicted molar refractivity (Wildman–Crippen MR) is 93.8 cm³/mol. The summed E-state index contributed by atoms with van der Waals surface area (Å²) in [6.45, 7) is 8.08. The number of hydrogen-bond acceptors (Lipinski definition) is 4. The summed E-state index contributed by atoms with van der Waals surface area (Å²) in [7, 11) is 3.39. The molecule has 8 heteroatoms. The lowest BCUT2D eigenvalue weighted by Gasteiger charge is -2.20. The molecule has 1 aliphatic heterocycles. The maximum Gasteiger partial charge on any atom is 0.242 e. The summed E-state index contributed by atoms with van der Waals surface area (Å²) in [5.74, 6) is 0.658.